The van der Waals surface area contributed by atoms with Crippen LogP contribution in [0.4, 0.5) is 0 Å². The molecule has 0 aliphatic carbocycles. The summed E-state index contributed by atoms with van der Waals surface area (Å²) in [5.74, 6) is 0.733. The fourth-order valence-electron chi connectivity index (χ4n) is 3.00. The van der Waals surface area contributed by atoms with Crippen molar-refractivity contribution in [2.45, 2.75) is 32.1 Å². The Bertz CT molecular complexity index is 507. The number of rotatable bonds is 2. The summed E-state index contributed by atoms with van der Waals surface area (Å²) >= 11 is 0. The molecule has 1 fully saturated rings. The van der Waals surface area contributed by atoms with Crippen molar-refractivity contribution in [3.05, 3.63) is 35.5 Å². The molecule has 0 saturated carbocycles. The number of aromatic amines is 1. The van der Waals surface area contributed by atoms with E-state index in [4.69, 9.17) is 0 Å². The average molecular weight is 228 g/mol. The lowest BCUT2D eigenvalue weighted by molar-refractivity contribution is 0.462. The van der Waals surface area contributed by atoms with Crippen LogP contribution in [0.5, 0.6) is 0 Å². The first-order valence-electron chi connectivity index (χ1n) is 6.69. The molecule has 2 aromatic rings. The van der Waals surface area contributed by atoms with Crippen molar-refractivity contribution in [2.24, 2.45) is 0 Å². The fourth-order valence-corrected chi connectivity index (χ4v) is 3.00. The second kappa shape index (κ2) is 4.53. The van der Waals surface area contributed by atoms with Crippen molar-refractivity contribution in [1.29, 1.82) is 0 Å². The third-order valence-corrected chi connectivity index (χ3v) is 3.99. The van der Waals surface area contributed by atoms with Crippen molar-refractivity contribution >= 4 is 10.9 Å². The molecule has 0 spiro atoms. The van der Waals surface area contributed by atoms with E-state index in [1.807, 2.05) is 0 Å². The van der Waals surface area contributed by atoms with Gasteiger partial charge in [-0.15, -0.1) is 0 Å². The Hall–Kier alpha value is -1.28. The maximum absolute atomic E-state index is 3.48. The molecule has 2 heterocycles. The Morgan fingerprint density at radius 2 is 2.06 bits per heavy atom. The predicted octanol–water partition coefficient (Wildman–Crippen LogP) is 3.20. The molecule has 1 aromatic carbocycles. The Labute approximate surface area is 102 Å². The monoisotopic (exact) mass is 228 g/mol. The Morgan fingerprint density at radius 3 is 2.82 bits per heavy atom. The van der Waals surface area contributed by atoms with E-state index in [0.717, 1.165) is 25.4 Å². The molecule has 2 nitrogen and oxygen atoms in total. The summed E-state index contributed by atoms with van der Waals surface area (Å²) in [6, 6.07) is 6.69. The number of H-pyrrole nitrogens is 1. The molecule has 2 N–H and O–H groups in total. The Morgan fingerprint density at radius 1 is 1.24 bits per heavy atom. The van der Waals surface area contributed by atoms with E-state index >= 15 is 0 Å². The maximum Gasteiger partial charge on any atom is 0.0489 e. The van der Waals surface area contributed by atoms with Gasteiger partial charge in [-0.1, -0.05) is 25.1 Å². The van der Waals surface area contributed by atoms with Gasteiger partial charge in [-0.3, -0.25) is 0 Å². The van der Waals surface area contributed by atoms with Crippen molar-refractivity contribution in [1.82, 2.24) is 10.3 Å². The van der Waals surface area contributed by atoms with Gasteiger partial charge >= 0.3 is 0 Å². The van der Waals surface area contributed by atoms with Gasteiger partial charge < -0.3 is 10.3 Å². The standard InChI is InChI=1S/C15H20N2/c1-2-11-4-3-5-13-14(10-17-15(11)13)12-6-8-16-9-7-12/h3-5,10,12,16-17H,2,6-9H2,1H3. The molecule has 3 rings (SSSR count). The van der Waals surface area contributed by atoms with E-state index in [0.29, 0.717) is 0 Å². The largest absolute Gasteiger partial charge is 0.361 e. The zero-order valence-corrected chi connectivity index (χ0v) is 10.4. The minimum absolute atomic E-state index is 0.733. The van der Waals surface area contributed by atoms with Crippen LogP contribution in [0.15, 0.2) is 24.4 Å². The maximum atomic E-state index is 3.48. The summed E-state index contributed by atoms with van der Waals surface area (Å²) < 4.78 is 0. The molecule has 0 unspecified atom stereocenters. The first-order valence-corrected chi connectivity index (χ1v) is 6.69. The molecule has 0 atom stereocenters. The molecular formula is C15H20N2. The highest BCUT2D eigenvalue weighted by Gasteiger charge is 2.18. The third kappa shape index (κ3) is 1.87. The Balaban J connectivity index is 2.05. The zero-order chi connectivity index (χ0) is 11.7. The quantitative estimate of drug-likeness (QED) is 0.811. The van der Waals surface area contributed by atoms with Gasteiger partial charge in [-0.25, -0.2) is 0 Å². The van der Waals surface area contributed by atoms with Crippen molar-refractivity contribution in [3.63, 3.8) is 0 Å². The fraction of sp³-hybridized carbons (Fsp3) is 0.467. The number of benzene rings is 1. The molecule has 90 valence electrons. The lowest BCUT2D eigenvalue weighted by Crippen LogP contribution is -2.26. The SMILES string of the molecule is CCc1cccc2c(C3CCNCC3)c[nH]c12. The van der Waals surface area contributed by atoms with E-state index in [9.17, 15) is 0 Å². The molecule has 1 aliphatic heterocycles. The van der Waals surface area contributed by atoms with E-state index in [-0.39, 0.29) is 0 Å². The zero-order valence-electron chi connectivity index (χ0n) is 10.4. The average Bonchev–Trinajstić information content (AvgIpc) is 2.83. The minimum Gasteiger partial charge on any atom is -0.361 e. The highest BCUT2D eigenvalue weighted by molar-refractivity contribution is 5.86. The van der Waals surface area contributed by atoms with Gasteiger partial charge in [-0.2, -0.15) is 0 Å². The molecule has 1 aliphatic rings. The highest BCUT2D eigenvalue weighted by atomic mass is 14.9. The van der Waals surface area contributed by atoms with Gasteiger partial charge in [0.25, 0.3) is 0 Å². The molecular weight excluding hydrogens is 208 g/mol. The van der Waals surface area contributed by atoms with E-state index in [2.05, 4.69) is 41.6 Å². The van der Waals surface area contributed by atoms with Crippen LogP contribution < -0.4 is 5.32 Å². The lowest BCUT2D eigenvalue weighted by atomic mass is 9.89. The molecule has 1 saturated heterocycles. The summed E-state index contributed by atoms with van der Waals surface area (Å²) in [6.07, 6.45) is 5.87. The number of hydrogen-bond acceptors (Lipinski definition) is 1. The first-order chi connectivity index (χ1) is 8.40. The predicted molar refractivity (Wildman–Crippen MR) is 72.5 cm³/mol. The summed E-state index contributed by atoms with van der Waals surface area (Å²) in [6.45, 7) is 4.54. The van der Waals surface area contributed by atoms with Gasteiger partial charge in [0.2, 0.25) is 0 Å². The van der Waals surface area contributed by atoms with Gasteiger partial charge in [0.1, 0.15) is 0 Å². The normalized spacial score (nSPS) is 17.7. The minimum atomic E-state index is 0.733. The lowest BCUT2D eigenvalue weighted by Gasteiger charge is -2.22. The second-order valence-corrected chi connectivity index (χ2v) is 4.96. The molecule has 0 bridgehead atoms. The van der Waals surface area contributed by atoms with Crippen LogP contribution in [0.25, 0.3) is 10.9 Å². The molecule has 17 heavy (non-hydrogen) atoms. The van der Waals surface area contributed by atoms with Crippen LogP contribution in [-0.4, -0.2) is 18.1 Å². The topological polar surface area (TPSA) is 27.8 Å². The van der Waals surface area contributed by atoms with Gasteiger partial charge in [0.15, 0.2) is 0 Å². The van der Waals surface area contributed by atoms with Crippen LogP contribution in [0.3, 0.4) is 0 Å². The number of hydrogen-bond donors (Lipinski definition) is 2. The number of para-hydroxylation sites is 1. The van der Waals surface area contributed by atoms with Gasteiger partial charge in [-0.05, 0) is 49.4 Å². The van der Waals surface area contributed by atoms with Gasteiger partial charge in [0, 0.05) is 17.1 Å². The summed E-state index contributed by atoms with van der Waals surface area (Å²) in [5.41, 5.74) is 4.31. The van der Waals surface area contributed by atoms with Crippen LogP contribution in [0.1, 0.15) is 36.8 Å². The van der Waals surface area contributed by atoms with Crippen LogP contribution in [0, 0.1) is 0 Å². The number of aryl methyl sites for hydroxylation is 1. The molecule has 1 aromatic heterocycles. The van der Waals surface area contributed by atoms with E-state index in [1.165, 1.54) is 34.9 Å². The van der Waals surface area contributed by atoms with E-state index in [1.54, 1.807) is 0 Å². The van der Waals surface area contributed by atoms with E-state index < -0.39 is 0 Å². The molecule has 2 heteroatoms. The second-order valence-electron chi connectivity index (χ2n) is 4.96. The number of nitrogens with one attached hydrogen (secondary N) is 2. The summed E-state index contributed by atoms with van der Waals surface area (Å²) in [4.78, 5) is 3.48. The van der Waals surface area contributed by atoms with Crippen molar-refractivity contribution in [2.75, 3.05) is 13.1 Å². The number of fused-ring (bicyclic) bond motifs is 1. The van der Waals surface area contributed by atoms with Gasteiger partial charge in [0.05, 0.1) is 0 Å². The smallest absolute Gasteiger partial charge is 0.0489 e. The number of piperidine rings is 1. The highest BCUT2D eigenvalue weighted by Crippen LogP contribution is 2.32. The number of aromatic nitrogens is 1. The molecule has 0 amide bonds. The molecule has 0 radical (unpaired) electrons. The van der Waals surface area contributed by atoms with Crippen LogP contribution in [-0.2, 0) is 6.42 Å². The summed E-state index contributed by atoms with van der Waals surface area (Å²) in [7, 11) is 0. The third-order valence-electron chi connectivity index (χ3n) is 3.99. The van der Waals surface area contributed by atoms with Crippen LogP contribution in [0.2, 0.25) is 0 Å². The van der Waals surface area contributed by atoms with Crippen molar-refractivity contribution in [3.8, 4) is 0 Å². The van der Waals surface area contributed by atoms with Crippen LogP contribution >= 0.6 is 0 Å². The van der Waals surface area contributed by atoms with Crippen molar-refractivity contribution < 1.29 is 0 Å². The summed E-state index contributed by atoms with van der Waals surface area (Å²) in [5, 5.41) is 4.88. The first kappa shape index (κ1) is 10.8. The Kier molecular flexibility index (Phi) is 2.89.